The van der Waals surface area contributed by atoms with E-state index < -0.39 is 11.2 Å². The van der Waals surface area contributed by atoms with Crippen LogP contribution in [0.25, 0.3) is 0 Å². The van der Waals surface area contributed by atoms with Crippen molar-refractivity contribution in [3.05, 3.63) is 28.5 Å². The maximum absolute atomic E-state index is 13.4. The average molecular weight is 259 g/mol. The summed E-state index contributed by atoms with van der Waals surface area (Å²) in [7, 11) is 0. The molecule has 1 N–H and O–H groups in total. The summed E-state index contributed by atoms with van der Waals surface area (Å²) in [5.74, 6) is 0.101. The molecule has 0 radical (unpaired) electrons. The Morgan fingerprint density at radius 3 is 2.65 bits per heavy atom. The van der Waals surface area contributed by atoms with Gasteiger partial charge in [-0.25, -0.2) is 4.39 Å². The van der Waals surface area contributed by atoms with Crippen molar-refractivity contribution in [3.63, 3.8) is 0 Å². The van der Waals surface area contributed by atoms with Crippen LogP contribution >= 0.6 is 11.6 Å². The fraction of sp³-hybridized carbons (Fsp3) is 0.538. The number of aliphatic hydroxyl groups is 1. The zero-order valence-corrected chi connectivity index (χ0v) is 10.7. The molecule has 0 aromatic heterocycles. The van der Waals surface area contributed by atoms with E-state index in [4.69, 9.17) is 16.3 Å². The molecule has 0 unspecified atom stereocenters. The summed E-state index contributed by atoms with van der Waals surface area (Å²) in [4.78, 5) is 0. The van der Waals surface area contributed by atoms with Crippen LogP contribution in [0.2, 0.25) is 5.02 Å². The van der Waals surface area contributed by atoms with Crippen LogP contribution in [0.15, 0.2) is 12.1 Å². The van der Waals surface area contributed by atoms with Gasteiger partial charge in [-0.2, -0.15) is 0 Å². The quantitative estimate of drug-likeness (QED) is 0.898. The highest BCUT2D eigenvalue weighted by atomic mass is 35.5. The lowest BCUT2D eigenvalue weighted by Gasteiger charge is -2.26. The third-order valence-electron chi connectivity index (χ3n) is 2.94. The van der Waals surface area contributed by atoms with Crippen LogP contribution in [-0.2, 0) is 5.41 Å². The minimum absolute atomic E-state index is 0.0895. The molecule has 1 saturated carbocycles. The highest BCUT2D eigenvalue weighted by molar-refractivity contribution is 6.32. The van der Waals surface area contributed by atoms with Gasteiger partial charge in [0.05, 0.1) is 17.7 Å². The van der Waals surface area contributed by atoms with E-state index in [1.807, 2.05) is 13.8 Å². The first kappa shape index (κ1) is 12.7. The molecule has 2 rings (SSSR count). The van der Waals surface area contributed by atoms with Gasteiger partial charge in [-0.1, -0.05) is 25.4 Å². The van der Waals surface area contributed by atoms with Crippen molar-refractivity contribution in [1.29, 1.82) is 0 Å². The third-order valence-corrected chi connectivity index (χ3v) is 3.22. The second-order valence-electron chi connectivity index (χ2n) is 5.12. The van der Waals surface area contributed by atoms with Gasteiger partial charge >= 0.3 is 0 Å². The molecule has 1 aliphatic carbocycles. The zero-order chi connectivity index (χ0) is 12.6. The predicted octanol–water partition coefficient (Wildman–Crippen LogP) is 3.29. The molecule has 17 heavy (non-hydrogen) atoms. The number of rotatable bonds is 4. The minimum atomic E-state index is -0.573. The number of aliphatic hydroxyl groups excluding tert-OH is 1. The third kappa shape index (κ3) is 2.72. The fourth-order valence-electron chi connectivity index (χ4n) is 1.62. The molecule has 1 fully saturated rings. The van der Waals surface area contributed by atoms with Gasteiger partial charge in [0.25, 0.3) is 0 Å². The number of hydrogen-bond acceptors (Lipinski definition) is 2. The summed E-state index contributed by atoms with van der Waals surface area (Å²) in [6, 6.07) is 2.63. The topological polar surface area (TPSA) is 29.5 Å². The second kappa shape index (κ2) is 4.46. The smallest absolute Gasteiger partial charge is 0.142 e. The van der Waals surface area contributed by atoms with E-state index in [2.05, 4.69) is 0 Å². The molecule has 0 heterocycles. The van der Waals surface area contributed by atoms with E-state index in [0.717, 1.165) is 12.8 Å². The van der Waals surface area contributed by atoms with Crippen LogP contribution in [-0.4, -0.2) is 17.8 Å². The first-order valence-electron chi connectivity index (χ1n) is 5.71. The second-order valence-corrected chi connectivity index (χ2v) is 5.53. The van der Waals surface area contributed by atoms with Crippen molar-refractivity contribution in [1.82, 2.24) is 0 Å². The van der Waals surface area contributed by atoms with E-state index in [-0.39, 0.29) is 17.7 Å². The molecule has 1 aliphatic rings. The number of benzene rings is 1. The molecule has 4 heteroatoms. The van der Waals surface area contributed by atoms with E-state index in [0.29, 0.717) is 11.3 Å². The first-order valence-corrected chi connectivity index (χ1v) is 6.09. The average Bonchev–Trinajstić information content (AvgIpc) is 3.05. The van der Waals surface area contributed by atoms with Crippen molar-refractivity contribution < 1.29 is 14.2 Å². The van der Waals surface area contributed by atoms with Crippen LogP contribution in [0.1, 0.15) is 32.3 Å². The van der Waals surface area contributed by atoms with Crippen LogP contribution in [0, 0.1) is 5.82 Å². The molecule has 0 amide bonds. The van der Waals surface area contributed by atoms with Gasteiger partial charge in [0.1, 0.15) is 11.6 Å². The Kier molecular flexibility index (Phi) is 3.32. The maximum atomic E-state index is 13.4. The van der Waals surface area contributed by atoms with E-state index in [1.54, 1.807) is 0 Å². The van der Waals surface area contributed by atoms with Crippen LogP contribution < -0.4 is 4.74 Å². The van der Waals surface area contributed by atoms with Gasteiger partial charge in [-0.15, -0.1) is 0 Å². The summed E-state index contributed by atoms with van der Waals surface area (Å²) in [5.41, 5.74) is 0.0487. The molecular weight excluding hydrogens is 243 g/mol. The molecule has 1 aromatic carbocycles. The molecule has 0 bridgehead atoms. The fourth-order valence-corrected chi connectivity index (χ4v) is 1.87. The SMILES string of the molecule is CC(C)(CO)c1cc(F)cc(Cl)c1OC1CC1. The number of hydrogen-bond donors (Lipinski definition) is 1. The molecule has 94 valence electrons. The lowest BCUT2D eigenvalue weighted by Crippen LogP contribution is -2.23. The molecule has 0 aliphatic heterocycles. The van der Waals surface area contributed by atoms with Gasteiger partial charge in [0, 0.05) is 11.0 Å². The summed E-state index contributed by atoms with van der Waals surface area (Å²) < 4.78 is 19.1. The Hall–Kier alpha value is -0.800. The highest BCUT2D eigenvalue weighted by Gasteiger charge is 2.31. The summed E-state index contributed by atoms with van der Waals surface area (Å²) in [5, 5.41) is 9.65. The molecular formula is C13H16ClFO2. The van der Waals surface area contributed by atoms with E-state index >= 15 is 0 Å². The summed E-state index contributed by atoms with van der Waals surface area (Å²) in [6.07, 6.45) is 2.20. The molecule has 0 spiro atoms. The minimum Gasteiger partial charge on any atom is -0.489 e. The maximum Gasteiger partial charge on any atom is 0.142 e. The summed E-state index contributed by atoms with van der Waals surface area (Å²) >= 11 is 6.02. The lowest BCUT2D eigenvalue weighted by molar-refractivity contribution is 0.210. The number of halogens is 2. The van der Waals surface area contributed by atoms with Crippen molar-refractivity contribution in [3.8, 4) is 5.75 Å². The zero-order valence-electron chi connectivity index (χ0n) is 9.96. The predicted molar refractivity (Wildman–Crippen MR) is 65.2 cm³/mol. The Balaban J connectivity index is 2.45. The van der Waals surface area contributed by atoms with Gasteiger partial charge in [-0.3, -0.25) is 0 Å². The van der Waals surface area contributed by atoms with Gasteiger partial charge in [-0.05, 0) is 25.0 Å². The largest absolute Gasteiger partial charge is 0.489 e. The van der Waals surface area contributed by atoms with Crippen LogP contribution in [0.4, 0.5) is 4.39 Å². The molecule has 0 saturated heterocycles. The summed E-state index contributed by atoms with van der Waals surface area (Å²) in [6.45, 7) is 3.57. The highest BCUT2D eigenvalue weighted by Crippen LogP contribution is 2.40. The van der Waals surface area contributed by atoms with Crippen molar-refractivity contribution in [2.24, 2.45) is 0 Å². The van der Waals surface area contributed by atoms with Crippen molar-refractivity contribution >= 4 is 11.6 Å². The molecule has 1 aromatic rings. The molecule has 2 nitrogen and oxygen atoms in total. The van der Waals surface area contributed by atoms with Crippen molar-refractivity contribution in [2.45, 2.75) is 38.2 Å². The van der Waals surface area contributed by atoms with Crippen LogP contribution in [0.5, 0.6) is 5.75 Å². The normalized spacial score (nSPS) is 16.1. The monoisotopic (exact) mass is 258 g/mol. The number of ether oxygens (including phenoxy) is 1. The van der Waals surface area contributed by atoms with Gasteiger partial charge in [0.15, 0.2) is 0 Å². The first-order chi connectivity index (χ1) is 7.94. The van der Waals surface area contributed by atoms with Gasteiger partial charge in [0.2, 0.25) is 0 Å². The Labute approximate surface area is 105 Å². The Morgan fingerprint density at radius 1 is 1.47 bits per heavy atom. The van der Waals surface area contributed by atoms with Gasteiger partial charge < -0.3 is 9.84 Å². The van der Waals surface area contributed by atoms with E-state index in [9.17, 15) is 9.50 Å². The Bertz CT molecular complexity index is 428. The van der Waals surface area contributed by atoms with Crippen molar-refractivity contribution in [2.75, 3.05) is 6.61 Å². The standard InChI is InChI=1S/C13H16ClFO2/c1-13(2,7-16)10-5-8(15)6-11(14)12(10)17-9-3-4-9/h5-6,9,16H,3-4,7H2,1-2H3. The van der Waals surface area contributed by atoms with Crippen LogP contribution in [0.3, 0.4) is 0 Å². The van der Waals surface area contributed by atoms with E-state index in [1.165, 1.54) is 12.1 Å². The molecule has 0 atom stereocenters. The Morgan fingerprint density at radius 2 is 2.12 bits per heavy atom. The lowest BCUT2D eigenvalue weighted by atomic mass is 9.85.